The first kappa shape index (κ1) is 16.9. The van der Waals surface area contributed by atoms with Crippen molar-refractivity contribution < 1.29 is 14.0 Å². The average molecular weight is 356 g/mol. The van der Waals surface area contributed by atoms with Gasteiger partial charge in [-0.3, -0.25) is 14.7 Å². The first-order valence-corrected chi connectivity index (χ1v) is 9.20. The van der Waals surface area contributed by atoms with Crippen LogP contribution in [0, 0.1) is 12.8 Å². The molecule has 0 bridgehead atoms. The lowest BCUT2D eigenvalue weighted by Crippen LogP contribution is -2.42. The van der Waals surface area contributed by atoms with Crippen LogP contribution in [0.15, 0.2) is 29.0 Å². The molecule has 2 aromatic heterocycles. The zero-order valence-electron chi connectivity index (χ0n) is 15.0. The summed E-state index contributed by atoms with van der Waals surface area (Å²) >= 11 is 0. The molecule has 2 fully saturated rings. The Morgan fingerprint density at radius 1 is 1.38 bits per heavy atom. The first-order chi connectivity index (χ1) is 12.6. The summed E-state index contributed by atoms with van der Waals surface area (Å²) in [6, 6.07) is 3.66. The number of nitrogens with zero attached hydrogens (tertiary/aromatic N) is 3. The van der Waals surface area contributed by atoms with Crippen LogP contribution in [0.2, 0.25) is 0 Å². The predicted octanol–water partition coefficient (Wildman–Crippen LogP) is 2.07. The monoisotopic (exact) mass is 356 g/mol. The topological polar surface area (TPSA) is 82.4 Å². The number of aromatic nitrogens is 2. The number of likely N-dealkylation sites (tertiary alicyclic amines) is 2. The van der Waals surface area contributed by atoms with Crippen molar-refractivity contribution in [1.82, 2.24) is 20.0 Å². The summed E-state index contributed by atoms with van der Waals surface area (Å²) in [7, 11) is 0. The van der Waals surface area contributed by atoms with E-state index in [0.29, 0.717) is 25.4 Å². The standard InChI is InChI=1S/C19H24N4O3/c1-13-17(10-20-21-13)14-4-6-22(7-5-14)19(25)15-9-18(24)23(11-15)12-16-3-2-8-26-16/h2-3,8,10,14-15H,4-7,9,11-12H2,1H3,(H,20,21). The molecule has 2 amide bonds. The van der Waals surface area contributed by atoms with Crippen molar-refractivity contribution in [2.45, 2.75) is 38.6 Å². The quantitative estimate of drug-likeness (QED) is 0.909. The summed E-state index contributed by atoms with van der Waals surface area (Å²) in [5, 5.41) is 7.10. The van der Waals surface area contributed by atoms with Gasteiger partial charge in [0, 0.05) is 31.7 Å². The van der Waals surface area contributed by atoms with Gasteiger partial charge >= 0.3 is 0 Å². The maximum atomic E-state index is 12.9. The number of carbonyl (C=O) groups excluding carboxylic acids is 2. The highest BCUT2D eigenvalue weighted by Gasteiger charge is 2.37. The van der Waals surface area contributed by atoms with Gasteiger partial charge in [-0.15, -0.1) is 0 Å². The first-order valence-electron chi connectivity index (χ1n) is 9.20. The van der Waals surface area contributed by atoms with E-state index in [-0.39, 0.29) is 17.7 Å². The van der Waals surface area contributed by atoms with Crippen LogP contribution in [0.1, 0.15) is 42.2 Å². The van der Waals surface area contributed by atoms with E-state index >= 15 is 0 Å². The van der Waals surface area contributed by atoms with Crippen LogP contribution in [-0.2, 0) is 16.1 Å². The third kappa shape index (κ3) is 3.25. The van der Waals surface area contributed by atoms with Crippen molar-refractivity contribution in [3.63, 3.8) is 0 Å². The van der Waals surface area contributed by atoms with Gasteiger partial charge in [0.25, 0.3) is 0 Å². The van der Waals surface area contributed by atoms with E-state index in [0.717, 1.165) is 37.4 Å². The summed E-state index contributed by atoms with van der Waals surface area (Å²) in [5.41, 5.74) is 2.38. The van der Waals surface area contributed by atoms with Gasteiger partial charge in [0.2, 0.25) is 11.8 Å². The summed E-state index contributed by atoms with van der Waals surface area (Å²) in [5.74, 6) is 1.12. The second-order valence-corrected chi connectivity index (χ2v) is 7.30. The molecule has 0 saturated carbocycles. The molecule has 2 aliphatic rings. The van der Waals surface area contributed by atoms with Gasteiger partial charge in [0.1, 0.15) is 5.76 Å². The predicted molar refractivity (Wildman–Crippen MR) is 94.1 cm³/mol. The van der Waals surface area contributed by atoms with Gasteiger partial charge in [-0.25, -0.2) is 0 Å². The van der Waals surface area contributed by atoms with Gasteiger partial charge in [-0.05, 0) is 43.4 Å². The number of furan rings is 1. The van der Waals surface area contributed by atoms with E-state index in [2.05, 4.69) is 10.2 Å². The molecule has 4 rings (SSSR count). The van der Waals surface area contributed by atoms with E-state index in [4.69, 9.17) is 4.42 Å². The number of amides is 2. The van der Waals surface area contributed by atoms with Crippen LogP contribution in [0.4, 0.5) is 0 Å². The number of rotatable bonds is 4. The molecule has 26 heavy (non-hydrogen) atoms. The van der Waals surface area contributed by atoms with Gasteiger partial charge in [-0.2, -0.15) is 5.10 Å². The summed E-state index contributed by atoms with van der Waals surface area (Å²) < 4.78 is 5.32. The summed E-state index contributed by atoms with van der Waals surface area (Å²) in [6.07, 6.45) is 5.70. The maximum absolute atomic E-state index is 12.9. The molecule has 0 aromatic carbocycles. The molecule has 1 atom stereocenters. The lowest BCUT2D eigenvalue weighted by atomic mass is 9.89. The van der Waals surface area contributed by atoms with Crippen molar-refractivity contribution in [2.75, 3.05) is 19.6 Å². The third-order valence-corrected chi connectivity index (χ3v) is 5.61. The van der Waals surface area contributed by atoms with Crippen LogP contribution >= 0.6 is 0 Å². The Kier molecular flexibility index (Phi) is 4.53. The molecule has 2 aromatic rings. The number of carbonyl (C=O) groups is 2. The van der Waals surface area contributed by atoms with Crippen LogP contribution in [-0.4, -0.2) is 51.4 Å². The van der Waals surface area contributed by atoms with Gasteiger partial charge in [0.15, 0.2) is 0 Å². The second kappa shape index (κ2) is 6.97. The SMILES string of the molecule is Cc1[nH]ncc1C1CCN(C(=O)C2CC(=O)N(Cc3ccco3)C2)CC1. The Hall–Kier alpha value is -2.57. The number of H-pyrrole nitrogens is 1. The number of aryl methyl sites for hydroxylation is 1. The van der Waals surface area contributed by atoms with Crippen LogP contribution in [0.5, 0.6) is 0 Å². The minimum Gasteiger partial charge on any atom is -0.467 e. The van der Waals surface area contributed by atoms with E-state index in [9.17, 15) is 9.59 Å². The molecule has 2 saturated heterocycles. The minimum absolute atomic E-state index is 0.0312. The van der Waals surface area contributed by atoms with Crippen molar-refractivity contribution in [3.05, 3.63) is 41.6 Å². The van der Waals surface area contributed by atoms with Crippen molar-refractivity contribution in [3.8, 4) is 0 Å². The number of hydrogen-bond acceptors (Lipinski definition) is 4. The Labute approximate surface area is 152 Å². The van der Waals surface area contributed by atoms with E-state index < -0.39 is 0 Å². The van der Waals surface area contributed by atoms with E-state index in [1.807, 2.05) is 30.2 Å². The highest BCUT2D eigenvalue weighted by Crippen LogP contribution is 2.31. The molecule has 1 N–H and O–H groups in total. The van der Waals surface area contributed by atoms with Gasteiger partial charge < -0.3 is 14.2 Å². The smallest absolute Gasteiger partial charge is 0.227 e. The molecule has 7 heteroatoms. The van der Waals surface area contributed by atoms with E-state index in [1.54, 1.807) is 11.2 Å². The summed E-state index contributed by atoms with van der Waals surface area (Å²) in [4.78, 5) is 28.8. The maximum Gasteiger partial charge on any atom is 0.227 e. The second-order valence-electron chi connectivity index (χ2n) is 7.30. The van der Waals surface area contributed by atoms with Gasteiger partial charge in [-0.1, -0.05) is 0 Å². The highest BCUT2D eigenvalue weighted by atomic mass is 16.3. The minimum atomic E-state index is -0.232. The average Bonchev–Trinajstić information content (AvgIpc) is 3.38. The lowest BCUT2D eigenvalue weighted by molar-refractivity contribution is -0.136. The fourth-order valence-electron chi connectivity index (χ4n) is 4.12. The Bertz CT molecular complexity index is 775. The van der Waals surface area contributed by atoms with Crippen molar-refractivity contribution in [2.24, 2.45) is 5.92 Å². The molecule has 1 unspecified atom stereocenters. The fraction of sp³-hybridized carbons (Fsp3) is 0.526. The largest absolute Gasteiger partial charge is 0.467 e. The van der Waals surface area contributed by atoms with Crippen LogP contribution in [0.3, 0.4) is 0 Å². The number of aromatic amines is 1. The molecule has 0 spiro atoms. The summed E-state index contributed by atoms with van der Waals surface area (Å²) in [6.45, 7) is 4.46. The molecular formula is C19H24N4O3. The van der Waals surface area contributed by atoms with Crippen LogP contribution < -0.4 is 0 Å². The normalized spacial score (nSPS) is 21.6. The Morgan fingerprint density at radius 3 is 2.85 bits per heavy atom. The zero-order chi connectivity index (χ0) is 18.1. The Balaban J connectivity index is 1.32. The third-order valence-electron chi connectivity index (χ3n) is 5.61. The van der Waals surface area contributed by atoms with Gasteiger partial charge in [0.05, 0.1) is 24.9 Å². The van der Waals surface area contributed by atoms with Crippen LogP contribution in [0.25, 0.3) is 0 Å². The molecule has 0 radical (unpaired) electrons. The number of hydrogen-bond donors (Lipinski definition) is 1. The van der Waals surface area contributed by atoms with Crippen molar-refractivity contribution in [1.29, 1.82) is 0 Å². The molecule has 4 heterocycles. The molecule has 0 aliphatic carbocycles. The van der Waals surface area contributed by atoms with Crippen molar-refractivity contribution >= 4 is 11.8 Å². The lowest BCUT2D eigenvalue weighted by Gasteiger charge is -2.33. The highest BCUT2D eigenvalue weighted by molar-refractivity contribution is 5.89. The number of nitrogens with one attached hydrogen (secondary N) is 1. The molecule has 138 valence electrons. The Morgan fingerprint density at radius 2 is 2.19 bits per heavy atom. The zero-order valence-corrected chi connectivity index (χ0v) is 15.0. The van der Waals surface area contributed by atoms with E-state index in [1.165, 1.54) is 5.56 Å². The molecule has 2 aliphatic heterocycles. The molecule has 7 nitrogen and oxygen atoms in total. The number of piperidine rings is 1. The molecular weight excluding hydrogens is 332 g/mol. The fourth-order valence-corrected chi connectivity index (χ4v) is 4.12.